The van der Waals surface area contributed by atoms with E-state index in [0.29, 0.717) is 10.1 Å². The normalized spacial score (nSPS) is 9.89. The number of anilines is 2. The number of hydrogen-bond donors (Lipinski definition) is 2. The minimum absolute atomic E-state index is 0.480. The molecule has 0 spiro atoms. The zero-order chi connectivity index (χ0) is 13.0. The molecule has 0 aliphatic rings. The van der Waals surface area contributed by atoms with Crippen molar-refractivity contribution in [1.29, 1.82) is 0 Å². The van der Waals surface area contributed by atoms with Crippen LogP contribution in [-0.2, 0) is 0 Å². The number of aromatic nitrogens is 1. The number of benzene rings is 1. The van der Waals surface area contributed by atoms with Crippen LogP contribution in [0.15, 0.2) is 42.7 Å². The van der Waals surface area contributed by atoms with E-state index in [1.54, 1.807) is 12.4 Å². The van der Waals surface area contributed by atoms with Crippen molar-refractivity contribution in [3.05, 3.63) is 53.3 Å². The lowest BCUT2D eigenvalue weighted by Gasteiger charge is -2.11. The first-order valence-corrected chi connectivity index (χ1v) is 6.18. The molecule has 18 heavy (non-hydrogen) atoms. The summed E-state index contributed by atoms with van der Waals surface area (Å²) >= 11 is 11.3. The fourth-order valence-corrected chi connectivity index (χ4v) is 1.95. The van der Waals surface area contributed by atoms with Crippen LogP contribution in [0.5, 0.6) is 0 Å². The summed E-state index contributed by atoms with van der Waals surface area (Å²) in [6.45, 7) is 1.99. The van der Waals surface area contributed by atoms with E-state index < -0.39 is 0 Å². The highest BCUT2D eigenvalue weighted by Crippen LogP contribution is 2.22. The smallest absolute Gasteiger partial charge is 0.175 e. The van der Waals surface area contributed by atoms with Crippen LogP contribution in [0, 0.1) is 6.92 Å². The van der Waals surface area contributed by atoms with Crippen LogP contribution in [0.4, 0.5) is 11.4 Å². The minimum atomic E-state index is 0.480. The molecule has 2 rings (SSSR count). The van der Waals surface area contributed by atoms with Gasteiger partial charge in [0.2, 0.25) is 0 Å². The Kier molecular flexibility index (Phi) is 4.12. The van der Waals surface area contributed by atoms with E-state index in [1.807, 2.05) is 37.3 Å². The average molecular weight is 278 g/mol. The number of aryl methyl sites for hydroxylation is 1. The second-order valence-corrected chi connectivity index (χ2v) is 4.62. The highest BCUT2D eigenvalue weighted by molar-refractivity contribution is 7.80. The van der Waals surface area contributed by atoms with Crippen LogP contribution in [-0.4, -0.2) is 10.1 Å². The summed E-state index contributed by atoms with van der Waals surface area (Å²) in [5.74, 6) is 0. The quantitative estimate of drug-likeness (QED) is 0.818. The van der Waals surface area contributed by atoms with Gasteiger partial charge in [-0.05, 0) is 49.0 Å². The Hall–Kier alpha value is -1.65. The van der Waals surface area contributed by atoms with Gasteiger partial charge in [0.25, 0.3) is 0 Å². The maximum Gasteiger partial charge on any atom is 0.175 e. The summed E-state index contributed by atoms with van der Waals surface area (Å²) in [4.78, 5) is 4.00. The van der Waals surface area contributed by atoms with Crippen molar-refractivity contribution >= 4 is 40.3 Å². The van der Waals surface area contributed by atoms with Crippen LogP contribution in [0.3, 0.4) is 0 Å². The first kappa shape index (κ1) is 12.8. The van der Waals surface area contributed by atoms with Crippen molar-refractivity contribution in [3.8, 4) is 0 Å². The van der Waals surface area contributed by atoms with Gasteiger partial charge in [0, 0.05) is 6.20 Å². The van der Waals surface area contributed by atoms with E-state index in [2.05, 4.69) is 15.6 Å². The van der Waals surface area contributed by atoms with Crippen molar-refractivity contribution in [2.75, 3.05) is 10.6 Å². The molecule has 2 aromatic rings. The zero-order valence-electron chi connectivity index (χ0n) is 9.77. The molecule has 5 heteroatoms. The number of nitrogens with one attached hydrogen (secondary N) is 2. The molecule has 0 fully saturated rings. The minimum Gasteiger partial charge on any atom is -0.331 e. The summed E-state index contributed by atoms with van der Waals surface area (Å²) < 4.78 is 0. The molecule has 0 atom stereocenters. The van der Waals surface area contributed by atoms with Gasteiger partial charge in [-0.25, -0.2) is 0 Å². The van der Waals surface area contributed by atoms with Crippen molar-refractivity contribution < 1.29 is 0 Å². The average Bonchev–Trinajstić information content (AvgIpc) is 2.34. The summed E-state index contributed by atoms with van der Waals surface area (Å²) in [6.07, 6.45) is 3.41. The Bertz CT molecular complexity index is 557. The van der Waals surface area contributed by atoms with Gasteiger partial charge in [0.05, 0.1) is 22.6 Å². The Balaban J connectivity index is 2.03. The molecule has 0 saturated carbocycles. The third-order valence-electron chi connectivity index (χ3n) is 2.29. The molecular weight excluding hydrogens is 266 g/mol. The molecule has 0 amide bonds. The predicted molar refractivity (Wildman–Crippen MR) is 80.3 cm³/mol. The van der Waals surface area contributed by atoms with Gasteiger partial charge < -0.3 is 10.6 Å². The third-order valence-corrected chi connectivity index (χ3v) is 2.81. The lowest BCUT2D eigenvalue weighted by Crippen LogP contribution is -2.19. The van der Waals surface area contributed by atoms with Gasteiger partial charge in [0.1, 0.15) is 0 Å². The highest BCUT2D eigenvalue weighted by Gasteiger charge is 2.03. The summed E-state index contributed by atoms with van der Waals surface area (Å²) in [6, 6.07) is 9.48. The van der Waals surface area contributed by atoms with Crippen molar-refractivity contribution in [2.45, 2.75) is 6.92 Å². The molecule has 1 aromatic heterocycles. The van der Waals surface area contributed by atoms with Crippen LogP contribution in [0.2, 0.25) is 5.02 Å². The Morgan fingerprint density at radius 3 is 2.78 bits per heavy atom. The fraction of sp³-hybridized carbons (Fsp3) is 0.0769. The molecule has 2 N–H and O–H groups in total. The number of thiocarbonyl (C=S) groups is 1. The molecular formula is C13H12ClN3S. The van der Waals surface area contributed by atoms with Gasteiger partial charge in [0.15, 0.2) is 5.11 Å². The fourth-order valence-electron chi connectivity index (χ4n) is 1.44. The Labute approximate surface area is 116 Å². The van der Waals surface area contributed by atoms with Gasteiger partial charge in [-0.3, -0.25) is 4.98 Å². The Morgan fingerprint density at radius 1 is 1.28 bits per heavy atom. The largest absolute Gasteiger partial charge is 0.331 e. The van der Waals surface area contributed by atoms with Crippen molar-refractivity contribution in [2.24, 2.45) is 0 Å². The van der Waals surface area contributed by atoms with E-state index in [9.17, 15) is 0 Å². The van der Waals surface area contributed by atoms with Crippen LogP contribution in [0.25, 0.3) is 0 Å². The second-order valence-electron chi connectivity index (χ2n) is 3.80. The maximum atomic E-state index is 6.11. The molecule has 1 heterocycles. The van der Waals surface area contributed by atoms with E-state index in [4.69, 9.17) is 23.8 Å². The molecule has 3 nitrogen and oxygen atoms in total. The van der Waals surface area contributed by atoms with Crippen LogP contribution >= 0.6 is 23.8 Å². The van der Waals surface area contributed by atoms with Gasteiger partial charge in [-0.2, -0.15) is 0 Å². The monoisotopic (exact) mass is 277 g/mol. The SMILES string of the molecule is Cc1ccc(NC(=S)Nc2cccnc2)c(Cl)c1. The molecule has 0 bridgehead atoms. The first-order valence-electron chi connectivity index (χ1n) is 5.39. The van der Waals surface area contributed by atoms with E-state index in [1.165, 1.54) is 0 Å². The summed E-state index contributed by atoms with van der Waals surface area (Å²) in [5.41, 5.74) is 2.72. The number of pyridine rings is 1. The molecule has 0 saturated heterocycles. The zero-order valence-corrected chi connectivity index (χ0v) is 11.3. The third kappa shape index (κ3) is 3.42. The lowest BCUT2D eigenvalue weighted by atomic mass is 10.2. The summed E-state index contributed by atoms with van der Waals surface area (Å²) in [5, 5.41) is 7.20. The Morgan fingerprint density at radius 2 is 2.11 bits per heavy atom. The lowest BCUT2D eigenvalue weighted by molar-refractivity contribution is 1.33. The molecule has 1 aromatic carbocycles. The van der Waals surface area contributed by atoms with Crippen LogP contribution in [0.1, 0.15) is 5.56 Å². The molecule has 0 radical (unpaired) electrons. The maximum absolute atomic E-state index is 6.11. The molecule has 92 valence electrons. The predicted octanol–water partition coefficient (Wildman–Crippen LogP) is 3.85. The van der Waals surface area contributed by atoms with Gasteiger partial charge in [-0.1, -0.05) is 17.7 Å². The molecule has 0 aliphatic heterocycles. The van der Waals surface area contributed by atoms with Crippen molar-refractivity contribution in [1.82, 2.24) is 4.98 Å². The number of hydrogen-bond acceptors (Lipinski definition) is 2. The number of nitrogens with zero attached hydrogens (tertiary/aromatic N) is 1. The van der Waals surface area contributed by atoms with E-state index in [-0.39, 0.29) is 0 Å². The topological polar surface area (TPSA) is 37.0 Å². The number of rotatable bonds is 2. The van der Waals surface area contributed by atoms with E-state index in [0.717, 1.165) is 16.9 Å². The van der Waals surface area contributed by atoms with Crippen LogP contribution < -0.4 is 10.6 Å². The van der Waals surface area contributed by atoms with Gasteiger partial charge >= 0.3 is 0 Å². The molecule has 0 aliphatic carbocycles. The van der Waals surface area contributed by atoms with E-state index >= 15 is 0 Å². The highest BCUT2D eigenvalue weighted by atomic mass is 35.5. The molecule has 0 unspecified atom stereocenters. The first-order chi connectivity index (χ1) is 8.65. The number of halogens is 1. The van der Waals surface area contributed by atoms with Gasteiger partial charge in [-0.15, -0.1) is 0 Å². The van der Waals surface area contributed by atoms with Crippen molar-refractivity contribution in [3.63, 3.8) is 0 Å². The standard InChI is InChI=1S/C13H12ClN3S/c1-9-4-5-12(11(14)7-9)17-13(18)16-10-3-2-6-15-8-10/h2-8H,1H3,(H2,16,17,18). The second kappa shape index (κ2) is 5.80. The summed E-state index contributed by atoms with van der Waals surface area (Å²) in [7, 11) is 0.